The van der Waals surface area contributed by atoms with Crippen molar-refractivity contribution in [1.82, 2.24) is 0 Å². The summed E-state index contributed by atoms with van der Waals surface area (Å²) in [5, 5.41) is 9.58. The minimum atomic E-state index is -0.889. The summed E-state index contributed by atoms with van der Waals surface area (Å²) in [6.07, 6.45) is 5.13. The van der Waals surface area contributed by atoms with Crippen LogP contribution in [0.3, 0.4) is 0 Å². The van der Waals surface area contributed by atoms with Crippen molar-refractivity contribution in [2.45, 2.75) is 31.5 Å². The summed E-state index contributed by atoms with van der Waals surface area (Å²) in [6, 6.07) is 0. The van der Waals surface area contributed by atoms with Crippen LogP contribution in [0, 0.1) is 0 Å². The SMILES string of the molecule is C=CCC1(O)CCCCO1. The highest BCUT2D eigenvalue weighted by molar-refractivity contribution is 4.80. The molecule has 1 aliphatic rings. The zero-order valence-corrected chi connectivity index (χ0v) is 6.18. The largest absolute Gasteiger partial charge is 0.365 e. The fraction of sp³-hybridized carbons (Fsp3) is 0.750. The van der Waals surface area contributed by atoms with E-state index in [1.54, 1.807) is 6.08 Å². The summed E-state index contributed by atoms with van der Waals surface area (Å²) in [5.41, 5.74) is 0. The second kappa shape index (κ2) is 3.17. The van der Waals surface area contributed by atoms with E-state index in [0.717, 1.165) is 19.3 Å². The highest BCUT2D eigenvalue weighted by atomic mass is 16.6. The Labute approximate surface area is 61.5 Å². The molecule has 1 N–H and O–H groups in total. The second-order valence-corrected chi connectivity index (χ2v) is 2.74. The van der Waals surface area contributed by atoms with E-state index in [0.29, 0.717) is 13.0 Å². The molecule has 0 bridgehead atoms. The van der Waals surface area contributed by atoms with Crippen molar-refractivity contribution in [3.05, 3.63) is 12.7 Å². The van der Waals surface area contributed by atoms with E-state index >= 15 is 0 Å². The Hall–Kier alpha value is -0.340. The normalized spacial score (nSPS) is 33.7. The van der Waals surface area contributed by atoms with E-state index in [2.05, 4.69) is 6.58 Å². The number of ether oxygens (including phenoxy) is 1. The maximum atomic E-state index is 9.58. The van der Waals surface area contributed by atoms with Gasteiger partial charge in [0.25, 0.3) is 0 Å². The number of aliphatic hydroxyl groups is 1. The van der Waals surface area contributed by atoms with Crippen LogP contribution in [0.25, 0.3) is 0 Å². The molecule has 1 saturated heterocycles. The summed E-state index contributed by atoms with van der Waals surface area (Å²) >= 11 is 0. The van der Waals surface area contributed by atoms with Gasteiger partial charge in [-0.05, 0) is 12.8 Å². The quantitative estimate of drug-likeness (QED) is 0.591. The Balaban J connectivity index is 2.39. The molecule has 2 heteroatoms. The molecule has 0 spiro atoms. The first-order valence-electron chi connectivity index (χ1n) is 3.74. The average molecular weight is 142 g/mol. The molecule has 58 valence electrons. The Morgan fingerprint density at radius 1 is 1.60 bits per heavy atom. The Bertz CT molecular complexity index is 114. The summed E-state index contributed by atoms with van der Waals surface area (Å²) in [7, 11) is 0. The smallest absolute Gasteiger partial charge is 0.168 e. The first-order chi connectivity index (χ1) is 4.77. The second-order valence-electron chi connectivity index (χ2n) is 2.74. The van der Waals surface area contributed by atoms with Crippen LogP contribution in [0.2, 0.25) is 0 Å². The molecule has 0 amide bonds. The van der Waals surface area contributed by atoms with Crippen LogP contribution in [0.1, 0.15) is 25.7 Å². The summed E-state index contributed by atoms with van der Waals surface area (Å²) in [6.45, 7) is 4.24. The fourth-order valence-electron chi connectivity index (χ4n) is 1.22. The Morgan fingerprint density at radius 2 is 2.40 bits per heavy atom. The molecule has 0 aromatic heterocycles. The Kier molecular flexibility index (Phi) is 2.46. The predicted octanol–water partition coefficient (Wildman–Crippen LogP) is 1.45. The topological polar surface area (TPSA) is 29.5 Å². The molecule has 1 heterocycles. The van der Waals surface area contributed by atoms with Crippen molar-refractivity contribution < 1.29 is 9.84 Å². The van der Waals surface area contributed by atoms with E-state index in [9.17, 15) is 5.11 Å². The highest BCUT2D eigenvalue weighted by Crippen LogP contribution is 2.25. The van der Waals surface area contributed by atoms with Crippen molar-refractivity contribution >= 4 is 0 Å². The molecule has 1 atom stereocenters. The van der Waals surface area contributed by atoms with Gasteiger partial charge >= 0.3 is 0 Å². The van der Waals surface area contributed by atoms with Crippen molar-refractivity contribution in [2.24, 2.45) is 0 Å². The monoisotopic (exact) mass is 142 g/mol. The van der Waals surface area contributed by atoms with Crippen LogP contribution in [0.5, 0.6) is 0 Å². The number of rotatable bonds is 2. The van der Waals surface area contributed by atoms with E-state index in [1.165, 1.54) is 0 Å². The van der Waals surface area contributed by atoms with Gasteiger partial charge in [0.1, 0.15) is 0 Å². The molecule has 0 aromatic rings. The average Bonchev–Trinajstić information content (AvgIpc) is 1.89. The first kappa shape index (κ1) is 7.76. The third-order valence-electron chi connectivity index (χ3n) is 1.80. The van der Waals surface area contributed by atoms with Crippen LogP contribution in [-0.4, -0.2) is 17.5 Å². The maximum absolute atomic E-state index is 9.58. The summed E-state index contributed by atoms with van der Waals surface area (Å²) < 4.78 is 5.19. The number of hydrogen-bond acceptors (Lipinski definition) is 2. The van der Waals surface area contributed by atoms with Gasteiger partial charge in [-0.2, -0.15) is 0 Å². The van der Waals surface area contributed by atoms with Crippen LogP contribution >= 0.6 is 0 Å². The van der Waals surface area contributed by atoms with Crippen molar-refractivity contribution in [2.75, 3.05) is 6.61 Å². The van der Waals surface area contributed by atoms with Gasteiger partial charge in [0.2, 0.25) is 0 Å². The highest BCUT2D eigenvalue weighted by Gasteiger charge is 2.28. The van der Waals surface area contributed by atoms with Crippen molar-refractivity contribution in [1.29, 1.82) is 0 Å². The molecule has 0 radical (unpaired) electrons. The van der Waals surface area contributed by atoms with Crippen molar-refractivity contribution in [3.8, 4) is 0 Å². The molecule has 2 nitrogen and oxygen atoms in total. The lowest BCUT2D eigenvalue weighted by atomic mass is 10.0. The molecule has 1 fully saturated rings. The Morgan fingerprint density at radius 3 is 2.90 bits per heavy atom. The molecule has 0 aliphatic carbocycles. The molecule has 1 rings (SSSR count). The molecule has 1 unspecified atom stereocenters. The fourth-order valence-corrected chi connectivity index (χ4v) is 1.22. The van der Waals surface area contributed by atoms with E-state index < -0.39 is 5.79 Å². The van der Waals surface area contributed by atoms with Crippen LogP contribution < -0.4 is 0 Å². The zero-order valence-electron chi connectivity index (χ0n) is 6.18. The van der Waals surface area contributed by atoms with E-state index in [4.69, 9.17) is 4.74 Å². The minimum absolute atomic E-state index is 0.549. The zero-order chi connectivity index (χ0) is 7.45. The van der Waals surface area contributed by atoms with Crippen LogP contribution in [-0.2, 0) is 4.74 Å². The molecular weight excluding hydrogens is 128 g/mol. The van der Waals surface area contributed by atoms with Gasteiger partial charge in [-0.1, -0.05) is 6.08 Å². The van der Waals surface area contributed by atoms with Gasteiger partial charge in [-0.25, -0.2) is 0 Å². The van der Waals surface area contributed by atoms with Crippen LogP contribution in [0.15, 0.2) is 12.7 Å². The lowest BCUT2D eigenvalue weighted by Gasteiger charge is -2.30. The third kappa shape index (κ3) is 1.82. The summed E-state index contributed by atoms with van der Waals surface area (Å²) in [4.78, 5) is 0. The lowest BCUT2D eigenvalue weighted by molar-refractivity contribution is -0.221. The van der Waals surface area contributed by atoms with Gasteiger partial charge in [-0.15, -0.1) is 6.58 Å². The van der Waals surface area contributed by atoms with Gasteiger partial charge in [0.15, 0.2) is 5.79 Å². The summed E-state index contributed by atoms with van der Waals surface area (Å²) in [5.74, 6) is -0.889. The molecule has 0 saturated carbocycles. The van der Waals surface area contributed by atoms with Crippen molar-refractivity contribution in [3.63, 3.8) is 0 Å². The minimum Gasteiger partial charge on any atom is -0.365 e. The molecule has 0 aromatic carbocycles. The lowest BCUT2D eigenvalue weighted by Crippen LogP contribution is -2.35. The number of hydrogen-bond donors (Lipinski definition) is 1. The standard InChI is InChI=1S/C8H14O2/c1-2-5-8(9)6-3-4-7-10-8/h2,9H,1,3-7H2. The van der Waals surface area contributed by atoms with Crippen LogP contribution in [0.4, 0.5) is 0 Å². The first-order valence-corrected chi connectivity index (χ1v) is 3.74. The molecular formula is C8H14O2. The molecule has 1 aliphatic heterocycles. The van der Waals surface area contributed by atoms with Gasteiger partial charge in [0.05, 0.1) is 6.61 Å². The van der Waals surface area contributed by atoms with E-state index in [-0.39, 0.29) is 0 Å². The van der Waals surface area contributed by atoms with Gasteiger partial charge in [0, 0.05) is 12.8 Å². The van der Waals surface area contributed by atoms with Gasteiger partial charge < -0.3 is 9.84 Å². The van der Waals surface area contributed by atoms with Gasteiger partial charge in [-0.3, -0.25) is 0 Å². The maximum Gasteiger partial charge on any atom is 0.168 e. The molecule has 10 heavy (non-hydrogen) atoms. The van der Waals surface area contributed by atoms with E-state index in [1.807, 2.05) is 0 Å². The third-order valence-corrected chi connectivity index (χ3v) is 1.80. The predicted molar refractivity (Wildman–Crippen MR) is 39.6 cm³/mol.